The quantitative estimate of drug-likeness (QED) is 0.178. The van der Waals surface area contributed by atoms with Gasteiger partial charge in [0.25, 0.3) is 0 Å². The molecule has 0 spiro atoms. The van der Waals surface area contributed by atoms with Crippen LogP contribution in [0.4, 0.5) is 0 Å². The Morgan fingerprint density at radius 3 is 1.42 bits per heavy atom. The van der Waals surface area contributed by atoms with Crippen molar-refractivity contribution in [3.8, 4) is 33.6 Å². The van der Waals surface area contributed by atoms with Crippen LogP contribution in [0, 0.1) is 0 Å². The number of para-hydroxylation sites is 3. The van der Waals surface area contributed by atoms with Gasteiger partial charge in [-0.2, -0.15) is 0 Å². The van der Waals surface area contributed by atoms with E-state index >= 15 is 0 Å². The normalized spacial score (nSPS) is 12.2. The van der Waals surface area contributed by atoms with Crippen molar-refractivity contribution in [1.29, 1.82) is 0 Å². The fourth-order valence-electron chi connectivity index (χ4n) is 10.2. The van der Waals surface area contributed by atoms with E-state index in [2.05, 4.69) is 197 Å². The Balaban J connectivity index is 0.879. The van der Waals surface area contributed by atoms with Crippen LogP contribution in [0.3, 0.4) is 0 Å². The van der Waals surface area contributed by atoms with Crippen LogP contribution < -0.4 is 0 Å². The highest BCUT2D eigenvalue weighted by molar-refractivity contribution is 6.16. The second-order valence-corrected chi connectivity index (χ2v) is 16.5. The monoisotopic (exact) mass is 790 g/mol. The van der Waals surface area contributed by atoms with E-state index in [1.54, 1.807) is 0 Å². The van der Waals surface area contributed by atoms with Crippen molar-refractivity contribution >= 4 is 98.3 Å². The molecule has 0 radical (unpaired) electrons. The van der Waals surface area contributed by atoms with E-state index in [-0.39, 0.29) is 0 Å². The van der Waals surface area contributed by atoms with Crippen LogP contribution in [0.15, 0.2) is 215 Å². The summed E-state index contributed by atoms with van der Waals surface area (Å²) < 4.78 is 17.5. The van der Waals surface area contributed by atoms with Crippen molar-refractivity contribution in [1.82, 2.24) is 9.13 Å². The molecular formula is C58H34N2O2. The second-order valence-electron chi connectivity index (χ2n) is 16.5. The van der Waals surface area contributed by atoms with Crippen LogP contribution in [0.25, 0.3) is 132 Å². The van der Waals surface area contributed by atoms with Crippen LogP contribution in [-0.4, -0.2) is 9.13 Å². The molecule has 62 heavy (non-hydrogen) atoms. The van der Waals surface area contributed by atoms with E-state index in [0.717, 1.165) is 60.7 Å². The number of hydrogen-bond acceptors (Lipinski definition) is 2. The third-order valence-electron chi connectivity index (χ3n) is 13.1. The van der Waals surface area contributed by atoms with Gasteiger partial charge in [0.2, 0.25) is 0 Å². The van der Waals surface area contributed by atoms with Gasteiger partial charge in [-0.1, -0.05) is 115 Å². The number of fused-ring (bicyclic) bond motifs is 13. The number of nitrogens with zero attached hydrogens (tertiary/aromatic N) is 2. The molecule has 0 unspecified atom stereocenters. The molecule has 0 fully saturated rings. The SMILES string of the molecule is c1cc(-c2ccc3oc4cc5c(cc4c3c2)oc2ccccc25)cc(-n2c3ccccc3c3cc(-c4ccc5c(c4)c4ccccc4n5-c4ccc5ccccc5c4)ccc32)c1. The van der Waals surface area contributed by atoms with Gasteiger partial charge in [0, 0.05) is 54.5 Å². The van der Waals surface area contributed by atoms with Crippen molar-refractivity contribution in [2.24, 2.45) is 0 Å². The van der Waals surface area contributed by atoms with Gasteiger partial charge in [-0.15, -0.1) is 0 Å². The Hall–Kier alpha value is -8.34. The van der Waals surface area contributed by atoms with E-state index in [1.165, 1.54) is 71.2 Å². The van der Waals surface area contributed by atoms with Crippen LogP contribution in [0.5, 0.6) is 0 Å². The summed E-state index contributed by atoms with van der Waals surface area (Å²) in [6, 6.07) is 74.6. The minimum Gasteiger partial charge on any atom is -0.456 e. The summed E-state index contributed by atoms with van der Waals surface area (Å²) in [5, 5.41) is 11.7. The molecule has 0 N–H and O–H groups in total. The molecule has 4 heterocycles. The molecule has 14 aromatic rings. The Kier molecular flexibility index (Phi) is 6.80. The maximum absolute atomic E-state index is 6.42. The van der Waals surface area contributed by atoms with Gasteiger partial charge >= 0.3 is 0 Å². The minimum absolute atomic E-state index is 0.863. The topological polar surface area (TPSA) is 36.1 Å². The zero-order chi connectivity index (χ0) is 40.5. The molecule has 288 valence electrons. The van der Waals surface area contributed by atoms with Crippen molar-refractivity contribution in [2.45, 2.75) is 0 Å². The first-order chi connectivity index (χ1) is 30.7. The maximum atomic E-state index is 6.42. The van der Waals surface area contributed by atoms with Crippen LogP contribution in [0.1, 0.15) is 0 Å². The third-order valence-corrected chi connectivity index (χ3v) is 13.1. The predicted octanol–water partition coefficient (Wildman–Crippen LogP) is 16.2. The van der Waals surface area contributed by atoms with Gasteiger partial charge in [-0.3, -0.25) is 0 Å². The first-order valence-electron chi connectivity index (χ1n) is 21.1. The highest BCUT2D eigenvalue weighted by atomic mass is 16.3. The number of rotatable bonds is 4. The molecule has 0 aliphatic rings. The largest absolute Gasteiger partial charge is 0.456 e. The maximum Gasteiger partial charge on any atom is 0.136 e. The van der Waals surface area contributed by atoms with E-state index < -0.39 is 0 Å². The fourth-order valence-corrected chi connectivity index (χ4v) is 10.2. The molecule has 0 saturated heterocycles. The number of hydrogen-bond donors (Lipinski definition) is 0. The molecule has 10 aromatic carbocycles. The van der Waals surface area contributed by atoms with Gasteiger partial charge in [-0.05, 0) is 124 Å². The lowest BCUT2D eigenvalue weighted by Gasteiger charge is -2.11. The first kappa shape index (κ1) is 33.5. The van der Waals surface area contributed by atoms with Crippen molar-refractivity contribution in [2.75, 3.05) is 0 Å². The van der Waals surface area contributed by atoms with E-state index in [0.29, 0.717) is 0 Å². The molecule has 4 nitrogen and oxygen atoms in total. The summed E-state index contributed by atoms with van der Waals surface area (Å²) in [6.45, 7) is 0. The summed E-state index contributed by atoms with van der Waals surface area (Å²) in [5.74, 6) is 0. The summed E-state index contributed by atoms with van der Waals surface area (Å²) in [6.07, 6.45) is 0. The smallest absolute Gasteiger partial charge is 0.136 e. The Labute approximate surface area is 354 Å². The molecule has 0 atom stereocenters. The molecule has 0 amide bonds. The average Bonchev–Trinajstić information content (AvgIpc) is 4.07. The lowest BCUT2D eigenvalue weighted by molar-refractivity contribution is 0.664. The molecule has 14 rings (SSSR count). The van der Waals surface area contributed by atoms with Crippen LogP contribution >= 0.6 is 0 Å². The third kappa shape index (κ3) is 4.83. The van der Waals surface area contributed by atoms with Crippen LogP contribution in [-0.2, 0) is 0 Å². The molecule has 0 aliphatic carbocycles. The van der Waals surface area contributed by atoms with Gasteiger partial charge in [0.05, 0.1) is 22.1 Å². The first-order valence-corrected chi connectivity index (χ1v) is 21.1. The predicted molar refractivity (Wildman–Crippen MR) is 258 cm³/mol. The van der Waals surface area contributed by atoms with Crippen LogP contribution in [0.2, 0.25) is 0 Å². The molecule has 0 saturated carbocycles. The summed E-state index contributed by atoms with van der Waals surface area (Å²) in [5.41, 5.74) is 15.2. The van der Waals surface area contributed by atoms with E-state index in [1.807, 2.05) is 18.2 Å². The highest BCUT2D eigenvalue weighted by Gasteiger charge is 2.18. The molecule has 0 bridgehead atoms. The zero-order valence-corrected chi connectivity index (χ0v) is 33.3. The van der Waals surface area contributed by atoms with E-state index in [4.69, 9.17) is 8.83 Å². The summed E-state index contributed by atoms with van der Waals surface area (Å²) in [7, 11) is 0. The Bertz CT molecular complexity index is 4170. The van der Waals surface area contributed by atoms with Crippen molar-refractivity contribution in [3.63, 3.8) is 0 Å². The molecule has 0 aliphatic heterocycles. The lowest BCUT2D eigenvalue weighted by atomic mass is 10.0. The zero-order valence-electron chi connectivity index (χ0n) is 33.3. The van der Waals surface area contributed by atoms with Gasteiger partial charge in [-0.25, -0.2) is 0 Å². The van der Waals surface area contributed by atoms with Gasteiger partial charge in [0.15, 0.2) is 0 Å². The lowest BCUT2D eigenvalue weighted by Crippen LogP contribution is -1.94. The summed E-state index contributed by atoms with van der Waals surface area (Å²) in [4.78, 5) is 0. The number of furan rings is 2. The number of benzene rings is 10. The standard InChI is InChI=1S/C58H34N2O2/c1-2-11-36-28-42(24-20-35(36)10-1)60-52-18-7-4-15-44(52)47-31-39(22-26-54(47)60)38-21-25-53-46(30-38)43-14-3-6-17-51(43)59(53)41-13-9-12-37(29-41)40-23-27-56-48(32-40)50-34-57-49(33-58(50)62-56)45-16-5-8-19-55(45)61-57/h1-34H. The Morgan fingerprint density at radius 2 is 0.726 bits per heavy atom. The highest BCUT2D eigenvalue weighted by Crippen LogP contribution is 2.41. The van der Waals surface area contributed by atoms with Gasteiger partial charge in [0.1, 0.15) is 22.3 Å². The van der Waals surface area contributed by atoms with Crippen molar-refractivity contribution < 1.29 is 8.83 Å². The average molecular weight is 791 g/mol. The fraction of sp³-hybridized carbons (Fsp3) is 0. The molecular weight excluding hydrogens is 757 g/mol. The Morgan fingerprint density at radius 1 is 0.242 bits per heavy atom. The summed E-state index contributed by atoms with van der Waals surface area (Å²) >= 11 is 0. The minimum atomic E-state index is 0.863. The molecule has 4 aromatic heterocycles. The van der Waals surface area contributed by atoms with Gasteiger partial charge < -0.3 is 18.0 Å². The number of aromatic nitrogens is 2. The van der Waals surface area contributed by atoms with Crippen molar-refractivity contribution in [3.05, 3.63) is 206 Å². The second kappa shape index (κ2) is 12.6. The molecule has 4 heteroatoms. The van der Waals surface area contributed by atoms with E-state index in [9.17, 15) is 0 Å².